The molecule has 104 valence electrons. The molecular weight excluding hydrogens is 292 g/mol. The number of rotatable bonds is 4. The van der Waals surface area contributed by atoms with Crippen LogP contribution < -0.4 is 5.32 Å². The second-order valence-electron chi connectivity index (χ2n) is 5.16. The standard InChI is InChI=1S/C15H15ClN2OS/c1-9-13(16)7-11(8-17-9)18-15(19)14-5-4-12(20-14)6-10-2-3-10/h4-5,7-8,10H,2-3,6H2,1H3,(H,18,19). The van der Waals surface area contributed by atoms with Gasteiger partial charge in [-0.2, -0.15) is 0 Å². The first-order chi connectivity index (χ1) is 9.61. The second kappa shape index (κ2) is 5.54. The van der Waals surface area contributed by atoms with E-state index in [1.165, 1.54) is 17.7 Å². The largest absolute Gasteiger partial charge is 0.320 e. The van der Waals surface area contributed by atoms with Crippen molar-refractivity contribution in [3.63, 3.8) is 0 Å². The molecule has 2 aromatic heterocycles. The summed E-state index contributed by atoms with van der Waals surface area (Å²) in [5.74, 6) is 0.739. The van der Waals surface area contributed by atoms with E-state index in [1.54, 1.807) is 23.6 Å². The van der Waals surface area contributed by atoms with Gasteiger partial charge in [-0.1, -0.05) is 11.6 Å². The molecule has 1 aliphatic rings. The number of hydrogen-bond donors (Lipinski definition) is 1. The van der Waals surface area contributed by atoms with Gasteiger partial charge in [-0.05, 0) is 50.3 Å². The smallest absolute Gasteiger partial charge is 0.265 e. The van der Waals surface area contributed by atoms with Crippen LogP contribution in [0.3, 0.4) is 0 Å². The van der Waals surface area contributed by atoms with Crippen LogP contribution in [0.15, 0.2) is 24.4 Å². The maximum absolute atomic E-state index is 12.2. The molecule has 2 aromatic rings. The summed E-state index contributed by atoms with van der Waals surface area (Å²) in [5.41, 5.74) is 1.38. The number of amides is 1. The Morgan fingerprint density at radius 2 is 2.30 bits per heavy atom. The number of nitrogens with one attached hydrogen (secondary N) is 1. The number of nitrogens with zero attached hydrogens (tertiary/aromatic N) is 1. The Kier molecular flexibility index (Phi) is 3.76. The second-order valence-corrected chi connectivity index (χ2v) is 6.73. The molecular formula is C15H15ClN2OS. The van der Waals surface area contributed by atoms with Gasteiger partial charge >= 0.3 is 0 Å². The van der Waals surface area contributed by atoms with Crippen molar-refractivity contribution in [2.45, 2.75) is 26.2 Å². The summed E-state index contributed by atoms with van der Waals surface area (Å²) in [6, 6.07) is 5.67. The third-order valence-electron chi connectivity index (χ3n) is 3.36. The van der Waals surface area contributed by atoms with Crippen LogP contribution in [0.4, 0.5) is 5.69 Å². The highest BCUT2D eigenvalue weighted by molar-refractivity contribution is 7.14. The summed E-state index contributed by atoms with van der Waals surface area (Å²) in [6.07, 6.45) is 5.38. The molecule has 1 aliphatic carbocycles. The minimum atomic E-state index is -0.0984. The first-order valence-corrected chi connectivity index (χ1v) is 7.83. The van der Waals surface area contributed by atoms with Gasteiger partial charge in [0.1, 0.15) is 0 Å². The Balaban J connectivity index is 1.68. The predicted octanol–water partition coefficient (Wildman–Crippen LogP) is 4.31. The molecule has 0 spiro atoms. The Bertz CT molecular complexity index is 649. The lowest BCUT2D eigenvalue weighted by atomic mass is 10.2. The zero-order chi connectivity index (χ0) is 14.1. The number of aromatic nitrogens is 1. The minimum Gasteiger partial charge on any atom is -0.320 e. The van der Waals surface area contributed by atoms with E-state index in [0.717, 1.165) is 22.9 Å². The first-order valence-electron chi connectivity index (χ1n) is 6.64. The van der Waals surface area contributed by atoms with E-state index in [1.807, 2.05) is 13.0 Å². The molecule has 1 amide bonds. The fraction of sp³-hybridized carbons (Fsp3) is 0.333. The summed E-state index contributed by atoms with van der Waals surface area (Å²) in [6.45, 7) is 1.83. The zero-order valence-corrected chi connectivity index (χ0v) is 12.7. The summed E-state index contributed by atoms with van der Waals surface area (Å²) < 4.78 is 0. The number of anilines is 1. The van der Waals surface area contributed by atoms with E-state index >= 15 is 0 Å². The van der Waals surface area contributed by atoms with Crippen LogP contribution in [0, 0.1) is 12.8 Å². The van der Waals surface area contributed by atoms with Gasteiger partial charge < -0.3 is 5.32 Å². The number of hydrogen-bond acceptors (Lipinski definition) is 3. The van der Waals surface area contributed by atoms with Gasteiger partial charge in [0.15, 0.2) is 0 Å². The van der Waals surface area contributed by atoms with Crippen molar-refractivity contribution in [2.24, 2.45) is 5.92 Å². The molecule has 3 rings (SSSR count). The van der Waals surface area contributed by atoms with Crippen LogP contribution in [-0.4, -0.2) is 10.9 Å². The average molecular weight is 307 g/mol. The van der Waals surface area contributed by atoms with Crippen molar-refractivity contribution in [1.29, 1.82) is 0 Å². The number of pyridine rings is 1. The highest BCUT2D eigenvalue weighted by atomic mass is 35.5. The molecule has 0 unspecified atom stereocenters. The molecule has 1 N–H and O–H groups in total. The van der Waals surface area contributed by atoms with Gasteiger partial charge in [0.2, 0.25) is 0 Å². The summed E-state index contributed by atoms with van der Waals surface area (Å²) in [4.78, 5) is 18.3. The predicted molar refractivity (Wildman–Crippen MR) is 82.7 cm³/mol. The Morgan fingerprint density at radius 1 is 1.50 bits per heavy atom. The molecule has 1 fully saturated rings. The van der Waals surface area contributed by atoms with Crippen LogP contribution in [0.1, 0.15) is 33.1 Å². The van der Waals surface area contributed by atoms with Crippen LogP contribution >= 0.6 is 22.9 Å². The fourth-order valence-electron chi connectivity index (χ4n) is 1.98. The van der Waals surface area contributed by atoms with Crippen molar-refractivity contribution in [2.75, 3.05) is 5.32 Å². The fourth-order valence-corrected chi connectivity index (χ4v) is 3.17. The lowest BCUT2D eigenvalue weighted by molar-refractivity contribution is 0.103. The number of halogens is 1. The van der Waals surface area contributed by atoms with Crippen LogP contribution in [0.2, 0.25) is 5.02 Å². The summed E-state index contributed by atoms with van der Waals surface area (Å²) >= 11 is 7.57. The summed E-state index contributed by atoms with van der Waals surface area (Å²) in [5, 5.41) is 3.39. The van der Waals surface area contributed by atoms with E-state index in [-0.39, 0.29) is 5.91 Å². The molecule has 0 atom stereocenters. The lowest BCUT2D eigenvalue weighted by Crippen LogP contribution is -2.10. The third-order valence-corrected chi connectivity index (χ3v) is 4.84. The van der Waals surface area contributed by atoms with Gasteiger partial charge in [-0.25, -0.2) is 0 Å². The molecule has 0 radical (unpaired) electrons. The maximum atomic E-state index is 12.2. The molecule has 0 saturated heterocycles. The number of thiophene rings is 1. The molecule has 5 heteroatoms. The van der Waals surface area contributed by atoms with Gasteiger partial charge in [0.25, 0.3) is 5.91 Å². The molecule has 1 saturated carbocycles. The molecule has 3 nitrogen and oxygen atoms in total. The maximum Gasteiger partial charge on any atom is 0.265 e. The molecule has 2 heterocycles. The van der Waals surface area contributed by atoms with Crippen LogP contribution in [0.25, 0.3) is 0 Å². The van der Waals surface area contributed by atoms with Gasteiger partial charge in [0.05, 0.1) is 27.5 Å². The third kappa shape index (κ3) is 3.19. The van der Waals surface area contributed by atoms with E-state index in [4.69, 9.17) is 11.6 Å². The van der Waals surface area contributed by atoms with E-state index in [9.17, 15) is 4.79 Å². The SMILES string of the molecule is Cc1ncc(NC(=O)c2ccc(CC3CC3)s2)cc1Cl. The minimum absolute atomic E-state index is 0.0984. The Labute approximate surface area is 127 Å². The van der Waals surface area contributed by atoms with E-state index < -0.39 is 0 Å². The average Bonchev–Trinajstić information content (AvgIpc) is 3.09. The van der Waals surface area contributed by atoms with Gasteiger partial charge in [0, 0.05) is 4.88 Å². The number of carbonyl (C=O) groups is 1. The zero-order valence-electron chi connectivity index (χ0n) is 11.1. The topological polar surface area (TPSA) is 42.0 Å². The van der Waals surface area contributed by atoms with Crippen molar-refractivity contribution in [1.82, 2.24) is 4.98 Å². The number of carbonyl (C=O) groups excluding carboxylic acids is 1. The monoisotopic (exact) mass is 306 g/mol. The van der Waals surface area contributed by atoms with Gasteiger partial charge in [-0.3, -0.25) is 9.78 Å². The highest BCUT2D eigenvalue weighted by Crippen LogP contribution is 2.34. The Hall–Kier alpha value is -1.39. The lowest BCUT2D eigenvalue weighted by Gasteiger charge is -2.04. The molecule has 20 heavy (non-hydrogen) atoms. The van der Waals surface area contributed by atoms with Gasteiger partial charge in [-0.15, -0.1) is 11.3 Å². The van der Waals surface area contributed by atoms with Crippen molar-refractivity contribution in [3.05, 3.63) is 44.9 Å². The first kappa shape index (κ1) is 13.6. The molecule has 0 bridgehead atoms. The van der Waals surface area contributed by atoms with Crippen molar-refractivity contribution < 1.29 is 4.79 Å². The molecule has 0 aliphatic heterocycles. The highest BCUT2D eigenvalue weighted by Gasteiger charge is 2.22. The normalized spacial score (nSPS) is 14.3. The van der Waals surface area contributed by atoms with Crippen molar-refractivity contribution in [3.8, 4) is 0 Å². The molecule has 0 aromatic carbocycles. The van der Waals surface area contributed by atoms with Crippen LogP contribution in [0.5, 0.6) is 0 Å². The van der Waals surface area contributed by atoms with E-state index in [0.29, 0.717) is 10.7 Å². The van der Waals surface area contributed by atoms with E-state index in [2.05, 4.69) is 16.4 Å². The van der Waals surface area contributed by atoms with Crippen LogP contribution in [-0.2, 0) is 6.42 Å². The number of aryl methyl sites for hydroxylation is 1. The van der Waals surface area contributed by atoms with Crippen molar-refractivity contribution >= 4 is 34.5 Å². The quantitative estimate of drug-likeness (QED) is 0.914. The summed E-state index contributed by atoms with van der Waals surface area (Å²) in [7, 11) is 0. The Morgan fingerprint density at radius 3 is 3.00 bits per heavy atom.